The van der Waals surface area contributed by atoms with E-state index in [1.165, 1.54) is 0 Å². The van der Waals surface area contributed by atoms with Crippen molar-refractivity contribution in [2.24, 2.45) is 0 Å². The van der Waals surface area contributed by atoms with E-state index in [4.69, 9.17) is 34.3 Å². The van der Waals surface area contributed by atoms with Crippen molar-refractivity contribution >= 4 is 59.5 Å². The second-order valence-corrected chi connectivity index (χ2v) is 1.82. The van der Waals surface area contributed by atoms with Gasteiger partial charge in [0.2, 0.25) is 0 Å². The number of carboxylic acid groups (broad SMARTS) is 2. The molecule has 0 aliphatic heterocycles. The van der Waals surface area contributed by atoms with Gasteiger partial charge in [0.25, 0.3) is 0 Å². The van der Waals surface area contributed by atoms with Crippen LogP contribution in [0, 0.1) is 0 Å². The Hall–Kier alpha value is 0.791. The fourth-order valence-electron chi connectivity index (χ4n) is 0. The van der Waals surface area contributed by atoms with Gasteiger partial charge in [-0.05, 0) is 0 Å². The second-order valence-electron chi connectivity index (χ2n) is 0.796. The van der Waals surface area contributed by atoms with Crippen molar-refractivity contribution in [3.8, 4) is 0 Å². The van der Waals surface area contributed by atoms with Crippen LogP contribution in [0.15, 0.2) is 0 Å². The summed E-state index contributed by atoms with van der Waals surface area (Å²) in [5, 5.41) is 13.9. The minimum absolute atomic E-state index is 0. The van der Waals surface area contributed by atoms with Crippen LogP contribution in [0.2, 0.25) is 0 Å². The molecule has 0 aromatic rings. The van der Waals surface area contributed by atoms with Crippen LogP contribution in [-0.2, 0) is 4.57 Å². The normalized spacial score (nSPS) is 7.55. The van der Waals surface area contributed by atoms with E-state index in [0.717, 1.165) is 0 Å². The minimum atomic E-state index is -4.64. The standard InChI is InChI=1S/CH2O3.FH.H3O4P.Sr.2H/c2-1(3)4;;1-5(2,3)4;;;/h(H2,2,3,4);1H;(H3,1,2,3,4);;;. The molecule has 0 fully saturated rings. The van der Waals surface area contributed by atoms with E-state index in [0.29, 0.717) is 0 Å². The molecule has 0 saturated carbocycles. The Morgan fingerprint density at radius 2 is 1.09 bits per heavy atom. The summed E-state index contributed by atoms with van der Waals surface area (Å²) < 4.78 is 8.88. The molecule has 0 heterocycles. The SMILES string of the molecule is F.O=C(O)O.O=P(O)(O)O.[SrH2]. The van der Waals surface area contributed by atoms with Crippen molar-refractivity contribution in [1.82, 2.24) is 0 Å². The van der Waals surface area contributed by atoms with E-state index < -0.39 is 14.0 Å². The fraction of sp³-hybridized carbons (Fsp3) is 0. The van der Waals surface area contributed by atoms with Gasteiger partial charge in [-0.15, -0.1) is 0 Å². The van der Waals surface area contributed by atoms with E-state index in [-0.39, 0.29) is 50.2 Å². The molecule has 0 spiro atoms. The van der Waals surface area contributed by atoms with E-state index in [1.54, 1.807) is 0 Å². The Labute approximate surface area is 97.5 Å². The first kappa shape index (κ1) is 22.6. The molecule has 0 amide bonds. The summed E-state index contributed by atoms with van der Waals surface area (Å²) in [5.41, 5.74) is 0. The Bertz CT molecular complexity index is 118. The Balaban J connectivity index is -0.0000000383. The molecule has 10 heteroatoms. The van der Waals surface area contributed by atoms with Gasteiger partial charge in [-0.25, -0.2) is 9.36 Å². The van der Waals surface area contributed by atoms with Crippen molar-refractivity contribution in [2.45, 2.75) is 0 Å². The third-order valence-corrected chi connectivity index (χ3v) is 0. The Morgan fingerprint density at radius 3 is 1.09 bits per heavy atom. The fourth-order valence-corrected chi connectivity index (χ4v) is 0. The predicted octanol–water partition coefficient (Wildman–Crippen LogP) is -1.47. The van der Waals surface area contributed by atoms with Crippen LogP contribution in [0.3, 0.4) is 0 Å². The van der Waals surface area contributed by atoms with Gasteiger partial charge in [0.1, 0.15) is 0 Å². The van der Waals surface area contributed by atoms with E-state index in [9.17, 15) is 0 Å². The van der Waals surface area contributed by atoms with Gasteiger partial charge < -0.3 is 24.9 Å². The van der Waals surface area contributed by atoms with Crippen LogP contribution in [0.1, 0.15) is 0 Å². The first-order valence-corrected chi connectivity index (χ1v) is 3.00. The zero-order valence-electron chi connectivity index (χ0n) is 4.41. The van der Waals surface area contributed by atoms with Crippen molar-refractivity contribution in [2.75, 3.05) is 0 Å². The van der Waals surface area contributed by atoms with Gasteiger partial charge in [-0.3, -0.25) is 4.70 Å². The number of rotatable bonds is 0. The predicted molar refractivity (Wildman–Crippen MR) is 36.0 cm³/mol. The van der Waals surface area contributed by atoms with Crippen molar-refractivity contribution in [1.29, 1.82) is 0 Å². The molecular formula is CH8FO7PSr. The molecule has 11 heavy (non-hydrogen) atoms. The van der Waals surface area contributed by atoms with Crippen LogP contribution in [0.5, 0.6) is 0 Å². The van der Waals surface area contributed by atoms with Gasteiger partial charge in [0.05, 0.1) is 0 Å². The zero-order chi connectivity index (χ0) is 8.08. The van der Waals surface area contributed by atoms with Gasteiger partial charge >= 0.3 is 59.5 Å². The monoisotopic (exact) mass is 270 g/mol. The number of carbonyl (C=O) groups is 1. The maximum absolute atomic E-state index is 8.88. The summed E-state index contributed by atoms with van der Waals surface area (Å²) in [4.78, 5) is 30.1. The van der Waals surface area contributed by atoms with Gasteiger partial charge in [0.15, 0.2) is 0 Å². The number of halogens is 1. The van der Waals surface area contributed by atoms with Crippen molar-refractivity contribution in [3.63, 3.8) is 0 Å². The molecule has 0 rings (SSSR count). The molecular weight excluding hydrogens is 262 g/mol. The number of hydrogen-bond donors (Lipinski definition) is 5. The molecule has 68 valence electrons. The molecule has 7 nitrogen and oxygen atoms in total. The molecule has 5 N–H and O–H groups in total. The third kappa shape index (κ3) is 1330. The number of hydrogen-bond acceptors (Lipinski definition) is 2. The van der Waals surface area contributed by atoms with Gasteiger partial charge in [-0.1, -0.05) is 0 Å². The summed E-state index contributed by atoms with van der Waals surface area (Å²) in [7, 11) is -4.64. The maximum atomic E-state index is 8.88. The second kappa shape index (κ2) is 10.8. The Morgan fingerprint density at radius 1 is 1.09 bits per heavy atom. The van der Waals surface area contributed by atoms with Crippen LogP contribution in [0.4, 0.5) is 9.50 Å². The van der Waals surface area contributed by atoms with Crippen LogP contribution >= 0.6 is 7.82 Å². The molecule has 0 aromatic heterocycles. The van der Waals surface area contributed by atoms with E-state index >= 15 is 0 Å². The summed E-state index contributed by atoms with van der Waals surface area (Å²) >= 11 is 0. The average Bonchev–Trinajstić information content (AvgIpc) is 1.19. The Kier molecular flexibility index (Phi) is 22.2. The molecule has 0 unspecified atom stereocenters. The molecule has 0 saturated heterocycles. The van der Waals surface area contributed by atoms with Gasteiger partial charge in [-0.2, -0.15) is 0 Å². The van der Waals surface area contributed by atoms with E-state index in [1.807, 2.05) is 0 Å². The molecule has 0 radical (unpaired) electrons. The molecule has 0 aliphatic rings. The molecule has 0 aromatic carbocycles. The van der Waals surface area contributed by atoms with E-state index in [2.05, 4.69) is 0 Å². The van der Waals surface area contributed by atoms with Crippen LogP contribution in [0.25, 0.3) is 0 Å². The summed E-state index contributed by atoms with van der Waals surface area (Å²) in [5.74, 6) is 0. The molecule has 0 atom stereocenters. The topological polar surface area (TPSA) is 135 Å². The molecule has 0 aliphatic carbocycles. The number of phosphoric acid groups is 1. The molecule has 0 bridgehead atoms. The summed E-state index contributed by atoms with van der Waals surface area (Å²) in [6.07, 6.45) is -1.83. The van der Waals surface area contributed by atoms with Crippen LogP contribution in [-0.4, -0.2) is 76.5 Å². The van der Waals surface area contributed by atoms with Crippen LogP contribution < -0.4 is 0 Å². The first-order chi connectivity index (χ1) is 3.73. The quantitative estimate of drug-likeness (QED) is 0.268. The summed E-state index contributed by atoms with van der Waals surface area (Å²) in [6.45, 7) is 0. The average molecular weight is 270 g/mol. The van der Waals surface area contributed by atoms with Gasteiger partial charge in [0, 0.05) is 0 Å². The van der Waals surface area contributed by atoms with Crippen molar-refractivity contribution < 1.29 is 39.0 Å². The summed E-state index contributed by atoms with van der Waals surface area (Å²) in [6, 6.07) is 0. The third-order valence-electron chi connectivity index (χ3n) is 0. The zero-order valence-corrected chi connectivity index (χ0v) is 5.30. The van der Waals surface area contributed by atoms with Crippen molar-refractivity contribution in [3.05, 3.63) is 0 Å². The first-order valence-electron chi connectivity index (χ1n) is 1.43.